The van der Waals surface area contributed by atoms with Crippen LogP contribution < -0.4 is 5.73 Å². The summed E-state index contributed by atoms with van der Waals surface area (Å²) in [6, 6.07) is 10.4. The van der Waals surface area contributed by atoms with Gasteiger partial charge in [-0.1, -0.05) is 30.3 Å². The highest BCUT2D eigenvalue weighted by Crippen LogP contribution is 2.20. The van der Waals surface area contributed by atoms with Gasteiger partial charge in [0.1, 0.15) is 0 Å². The third-order valence-corrected chi connectivity index (χ3v) is 4.23. The number of aromatic nitrogens is 2. The molecule has 0 radical (unpaired) electrons. The molecule has 2 atom stereocenters. The van der Waals surface area contributed by atoms with Crippen LogP contribution in [0.4, 0.5) is 0 Å². The molecule has 4 heteroatoms. The van der Waals surface area contributed by atoms with Crippen molar-refractivity contribution >= 4 is 0 Å². The monoisotopic (exact) mass is 285 g/mol. The summed E-state index contributed by atoms with van der Waals surface area (Å²) in [6.07, 6.45) is 6.97. The average Bonchev–Trinajstić information content (AvgIpc) is 3.17. The lowest BCUT2D eigenvalue weighted by atomic mass is 10.0. The summed E-state index contributed by atoms with van der Waals surface area (Å²) in [5, 5.41) is 0. The molecule has 0 spiro atoms. The van der Waals surface area contributed by atoms with Gasteiger partial charge in [-0.05, 0) is 30.7 Å². The van der Waals surface area contributed by atoms with Crippen molar-refractivity contribution in [1.29, 1.82) is 0 Å². The van der Waals surface area contributed by atoms with Crippen molar-refractivity contribution in [2.24, 2.45) is 11.7 Å². The Hall–Kier alpha value is -1.65. The summed E-state index contributed by atoms with van der Waals surface area (Å²) in [4.78, 5) is 4.28. The van der Waals surface area contributed by atoms with Crippen LogP contribution in [-0.2, 0) is 17.7 Å². The van der Waals surface area contributed by atoms with Crippen molar-refractivity contribution in [2.75, 3.05) is 13.2 Å². The van der Waals surface area contributed by atoms with Crippen LogP contribution in [0.1, 0.15) is 30.1 Å². The summed E-state index contributed by atoms with van der Waals surface area (Å²) in [5.74, 6) is 0.686. The van der Waals surface area contributed by atoms with E-state index in [9.17, 15) is 0 Å². The second kappa shape index (κ2) is 6.87. The quantitative estimate of drug-likeness (QED) is 0.887. The molecule has 1 saturated heterocycles. The molecule has 0 bridgehead atoms. The van der Waals surface area contributed by atoms with E-state index in [4.69, 9.17) is 10.5 Å². The van der Waals surface area contributed by atoms with Crippen LogP contribution in [0.3, 0.4) is 0 Å². The van der Waals surface area contributed by atoms with Gasteiger partial charge in [0.15, 0.2) is 0 Å². The number of nitrogens with zero attached hydrogens (tertiary/aromatic N) is 2. The molecule has 4 nitrogen and oxygen atoms in total. The lowest BCUT2D eigenvalue weighted by molar-refractivity contribution is 0.183. The normalized spacial score (nSPS) is 19.8. The highest BCUT2D eigenvalue weighted by molar-refractivity contribution is 5.18. The lowest BCUT2D eigenvalue weighted by Crippen LogP contribution is -2.18. The molecule has 0 saturated carbocycles. The molecule has 1 fully saturated rings. The molecule has 112 valence electrons. The first-order chi connectivity index (χ1) is 10.3. The summed E-state index contributed by atoms with van der Waals surface area (Å²) in [6.45, 7) is 2.79. The second-order valence-corrected chi connectivity index (χ2v) is 5.83. The number of imidazole rings is 1. The fourth-order valence-electron chi connectivity index (χ4n) is 2.93. The first-order valence-electron chi connectivity index (χ1n) is 7.70. The topological polar surface area (TPSA) is 53.1 Å². The molecule has 2 heterocycles. The van der Waals surface area contributed by atoms with Gasteiger partial charge in [-0.2, -0.15) is 0 Å². The number of hydrogen-bond acceptors (Lipinski definition) is 3. The van der Waals surface area contributed by atoms with Crippen molar-refractivity contribution < 1.29 is 4.74 Å². The maximum Gasteiger partial charge on any atom is 0.0948 e. The zero-order valence-corrected chi connectivity index (χ0v) is 12.3. The van der Waals surface area contributed by atoms with Gasteiger partial charge in [0.05, 0.1) is 18.1 Å². The van der Waals surface area contributed by atoms with Crippen LogP contribution in [-0.4, -0.2) is 22.8 Å². The van der Waals surface area contributed by atoms with E-state index < -0.39 is 0 Å². The van der Waals surface area contributed by atoms with Gasteiger partial charge in [0.2, 0.25) is 0 Å². The van der Waals surface area contributed by atoms with Crippen LogP contribution in [0, 0.1) is 5.92 Å². The van der Waals surface area contributed by atoms with E-state index in [0.717, 1.165) is 38.3 Å². The SMILES string of the molecule is N[C@H](Cc1ccccc1)c1cncn1CCC1CCOC1. The summed E-state index contributed by atoms with van der Waals surface area (Å²) in [5.41, 5.74) is 8.76. The van der Waals surface area contributed by atoms with Crippen molar-refractivity contribution in [2.45, 2.75) is 31.8 Å². The Kier molecular flexibility index (Phi) is 4.68. The Morgan fingerprint density at radius 3 is 2.95 bits per heavy atom. The van der Waals surface area contributed by atoms with Crippen LogP contribution in [0.2, 0.25) is 0 Å². The Morgan fingerprint density at radius 1 is 1.33 bits per heavy atom. The zero-order chi connectivity index (χ0) is 14.5. The van der Waals surface area contributed by atoms with E-state index in [-0.39, 0.29) is 6.04 Å². The van der Waals surface area contributed by atoms with Crippen LogP contribution in [0.25, 0.3) is 0 Å². The van der Waals surface area contributed by atoms with E-state index >= 15 is 0 Å². The number of benzene rings is 1. The average molecular weight is 285 g/mol. The van der Waals surface area contributed by atoms with Gasteiger partial charge in [-0.25, -0.2) is 4.98 Å². The minimum absolute atomic E-state index is 0.00488. The molecule has 1 unspecified atom stereocenters. The second-order valence-electron chi connectivity index (χ2n) is 5.83. The zero-order valence-electron chi connectivity index (χ0n) is 12.3. The Morgan fingerprint density at radius 2 is 2.19 bits per heavy atom. The number of rotatable bonds is 6. The first kappa shape index (κ1) is 14.3. The highest BCUT2D eigenvalue weighted by Gasteiger charge is 2.17. The summed E-state index contributed by atoms with van der Waals surface area (Å²) < 4.78 is 7.63. The molecule has 0 aliphatic carbocycles. The molecule has 2 aromatic rings. The molecule has 2 N–H and O–H groups in total. The molecule has 1 aromatic carbocycles. The van der Waals surface area contributed by atoms with Crippen LogP contribution >= 0.6 is 0 Å². The fraction of sp³-hybridized carbons (Fsp3) is 0.471. The predicted octanol–water partition coefficient (Wildman–Crippen LogP) is 2.55. The minimum Gasteiger partial charge on any atom is -0.381 e. The van der Waals surface area contributed by atoms with Crippen molar-refractivity contribution in [1.82, 2.24) is 9.55 Å². The third kappa shape index (κ3) is 3.71. The third-order valence-electron chi connectivity index (χ3n) is 4.23. The van der Waals surface area contributed by atoms with Gasteiger partial charge >= 0.3 is 0 Å². The molecule has 0 amide bonds. The van der Waals surface area contributed by atoms with E-state index in [1.807, 2.05) is 18.6 Å². The van der Waals surface area contributed by atoms with E-state index in [1.54, 1.807) is 0 Å². The van der Waals surface area contributed by atoms with Crippen LogP contribution in [0.5, 0.6) is 0 Å². The smallest absolute Gasteiger partial charge is 0.0948 e. The minimum atomic E-state index is -0.00488. The number of nitrogens with two attached hydrogens (primary N) is 1. The largest absolute Gasteiger partial charge is 0.381 e. The number of hydrogen-bond donors (Lipinski definition) is 1. The number of ether oxygens (including phenoxy) is 1. The molecule has 1 aliphatic rings. The fourth-order valence-corrected chi connectivity index (χ4v) is 2.93. The summed E-state index contributed by atoms with van der Waals surface area (Å²) >= 11 is 0. The Balaban J connectivity index is 1.61. The standard InChI is InChI=1S/C17H23N3O/c18-16(10-14-4-2-1-3-5-14)17-11-19-13-20(17)8-6-15-7-9-21-12-15/h1-5,11,13,15-16H,6-10,12,18H2/t15?,16-/m1/s1. The van der Waals surface area contributed by atoms with E-state index in [1.165, 1.54) is 12.0 Å². The first-order valence-corrected chi connectivity index (χ1v) is 7.70. The van der Waals surface area contributed by atoms with Gasteiger partial charge < -0.3 is 15.0 Å². The van der Waals surface area contributed by atoms with E-state index in [2.05, 4.69) is 33.8 Å². The maximum absolute atomic E-state index is 6.37. The van der Waals surface area contributed by atoms with E-state index in [0.29, 0.717) is 5.92 Å². The highest BCUT2D eigenvalue weighted by atomic mass is 16.5. The summed E-state index contributed by atoms with van der Waals surface area (Å²) in [7, 11) is 0. The van der Waals surface area contributed by atoms with Crippen molar-refractivity contribution in [3.63, 3.8) is 0 Å². The molecular weight excluding hydrogens is 262 g/mol. The van der Waals surface area contributed by atoms with Crippen LogP contribution in [0.15, 0.2) is 42.9 Å². The number of aryl methyl sites for hydroxylation is 1. The van der Waals surface area contributed by atoms with Gasteiger partial charge in [0, 0.05) is 26.0 Å². The van der Waals surface area contributed by atoms with Gasteiger partial charge in [-0.3, -0.25) is 0 Å². The Labute approximate surface area is 125 Å². The molecule has 21 heavy (non-hydrogen) atoms. The Bertz CT molecular complexity index is 546. The predicted molar refractivity (Wildman–Crippen MR) is 82.8 cm³/mol. The van der Waals surface area contributed by atoms with Gasteiger partial charge in [0.25, 0.3) is 0 Å². The lowest BCUT2D eigenvalue weighted by Gasteiger charge is -2.16. The molecule has 1 aliphatic heterocycles. The molecular formula is C17H23N3O. The maximum atomic E-state index is 6.37. The molecule has 3 rings (SSSR count). The van der Waals surface area contributed by atoms with Crippen molar-refractivity contribution in [3.8, 4) is 0 Å². The van der Waals surface area contributed by atoms with Crippen molar-refractivity contribution in [3.05, 3.63) is 54.1 Å². The van der Waals surface area contributed by atoms with Gasteiger partial charge in [-0.15, -0.1) is 0 Å². The molecule has 1 aromatic heterocycles.